The normalized spacial score (nSPS) is 24.0. The Bertz CT molecular complexity index is 671. The molecule has 0 spiro atoms. The first kappa shape index (κ1) is 14.0. The van der Waals surface area contributed by atoms with E-state index in [4.69, 9.17) is 0 Å². The summed E-state index contributed by atoms with van der Waals surface area (Å²) < 4.78 is 0. The molecule has 2 heteroatoms. The maximum atomic E-state index is 12.7. The average molecular weight is 280 g/mol. The number of benzene rings is 1. The number of fused-ring (bicyclic) bond motifs is 2. The Balaban J connectivity index is 2.04. The van der Waals surface area contributed by atoms with Gasteiger partial charge < -0.3 is 0 Å². The third-order valence-corrected chi connectivity index (χ3v) is 4.09. The van der Waals surface area contributed by atoms with Crippen LogP contribution in [0.5, 0.6) is 0 Å². The number of ketones is 2. The van der Waals surface area contributed by atoms with Crippen molar-refractivity contribution in [1.82, 2.24) is 0 Å². The molecule has 0 aromatic heterocycles. The van der Waals surface area contributed by atoms with Gasteiger partial charge in [-0.05, 0) is 23.5 Å². The topological polar surface area (TPSA) is 34.1 Å². The molecule has 0 amide bonds. The fraction of sp³-hybridized carbons (Fsp3) is 0.368. The molecule has 0 N–H and O–H groups in total. The maximum absolute atomic E-state index is 12.7. The lowest BCUT2D eigenvalue weighted by Gasteiger charge is -2.29. The molecule has 0 bridgehead atoms. The van der Waals surface area contributed by atoms with Gasteiger partial charge >= 0.3 is 0 Å². The number of Topliss-reactive ketones (excluding diaryl/α,β-unsaturated/α-hetero) is 2. The SMILES string of the molecule is CC(C)(C)Cc1ccc2c(c1)C(=O)C1C=CC=CC1C2=O. The highest BCUT2D eigenvalue weighted by Gasteiger charge is 2.39. The van der Waals surface area contributed by atoms with Crippen molar-refractivity contribution in [3.05, 3.63) is 59.2 Å². The van der Waals surface area contributed by atoms with Gasteiger partial charge in [-0.2, -0.15) is 0 Å². The second-order valence-corrected chi connectivity index (χ2v) is 7.17. The Morgan fingerprint density at radius 3 is 2.05 bits per heavy atom. The van der Waals surface area contributed by atoms with E-state index in [0.717, 1.165) is 12.0 Å². The van der Waals surface area contributed by atoms with Crippen molar-refractivity contribution >= 4 is 11.6 Å². The van der Waals surface area contributed by atoms with Gasteiger partial charge in [-0.3, -0.25) is 9.59 Å². The molecule has 0 aliphatic heterocycles. The first-order valence-electron chi connectivity index (χ1n) is 7.43. The predicted molar refractivity (Wildman–Crippen MR) is 83.5 cm³/mol. The van der Waals surface area contributed by atoms with Gasteiger partial charge in [-0.1, -0.05) is 57.2 Å². The van der Waals surface area contributed by atoms with Crippen LogP contribution in [0.2, 0.25) is 0 Å². The Kier molecular flexibility index (Phi) is 3.20. The Morgan fingerprint density at radius 2 is 1.48 bits per heavy atom. The highest BCUT2D eigenvalue weighted by atomic mass is 16.1. The molecule has 0 fully saturated rings. The van der Waals surface area contributed by atoms with Crippen LogP contribution in [0.3, 0.4) is 0 Å². The van der Waals surface area contributed by atoms with Crippen molar-refractivity contribution in [3.8, 4) is 0 Å². The molecule has 2 unspecified atom stereocenters. The minimum Gasteiger partial charge on any atom is -0.293 e. The van der Waals surface area contributed by atoms with Crippen molar-refractivity contribution in [2.75, 3.05) is 0 Å². The number of hydrogen-bond donors (Lipinski definition) is 0. The maximum Gasteiger partial charge on any atom is 0.171 e. The van der Waals surface area contributed by atoms with Crippen molar-refractivity contribution in [2.24, 2.45) is 17.3 Å². The van der Waals surface area contributed by atoms with Crippen LogP contribution < -0.4 is 0 Å². The van der Waals surface area contributed by atoms with Crippen LogP contribution in [0, 0.1) is 17.3 Å². The highest BCUT2D eigenvalue weighted by molar-refractivity contribution is 6.17. The molecule has 2 aliphatic carbocycles. The Labute approximate surface area is 125 Å². The van der Waals surface area contributed by atoms with Crippen LogP contribution in [-0.2, 0) is 6.42 Å². The summed E-state index contributed by atoms with van der Waals surface area (Å²) in [5.41, 5.74) is 2.46. The van der Waals surface area contributed by atoms with Crippen LogP contribution in [0.4, 0.5) is 0 Å². The smallest absolute Gasteiger partial charge is 0.171 e. The summed E-state index contributed by atoms with van der Waals surface area (Å²) in [4.78, 5) is 25.2. The third kappa shape index (κ3) is 2.51. The molecule has 2 atom stereocenters. The van der Waals surface area contributed by atoms with Gasteiger partial charge in [0, 0.05) is 11.1 Å². The van der Waals surface area contributed by atoms with Crippen molar-refractivity contribution in [3.63, 3.8) is 0 Å². The van der Waals surface area contributed by atoms with Crippen LogP contribution in [0.15, 0.2) is 42.5 Å². The molecule has 3 rings (SSSR count). The van der Waals surface area contributed by atoms with E-state index >= 15 is 0 Å². The largest absolute Gasteiger partial charge is 0.293 e. The molecular weight excluding hydrogens is 260 g/mol. The number of carbonyl (C=O) groups is 2. The van der Waals surface area contributed by atoms with E-state index in [1.54, 1.807) is 0 Å². The van der Waals surface area contributed by atoms with Gasteiger partial charge in [0.2, 0.25) is 0 Å². The lowest BCUT2D eigenvalue weighted by atomic mass is 9.71. The zero-order valence-corrected chi connectivity index (χ0v) is 12.7. The van der Waals surface area contributed by atoms with Crippen LogP contribution in [-0.4, -0.2) is 11.6 Å². The minimum atomic E-state index is -0.320. The first-order chi connectivity index (χ1) is 9.87. The first-order valence-corrected chi connectivity index (χ1v) is 7.43. The number of rotatable bonds is 1. The summed E-state index contributed by atoms with van der Waals surface area (Å²) >= 11 is 0. The van der Waals surface area contributed by atoms with E-state index in [0.29, 0.717) is 11.1 Å². The van der Waals surface area contributed by atoms with Crippen LogP contribution in [0.1, 0.15) is 47.1 Å². The molecule has 1 aromatic rings. The molecule has 1 aromatic carbocycles. The summed E-state index contributed by atoms with van der Waals surface area (Å²) in [7, 11) is 0. The molecule has 0 saturated carbocycles. The molecular formula is C19H20O2. The van der Waals surface area contributed by atoms with E-state index in [2.05, 4.69) is 20.8 Å². The quantitative estimate of drug-likeness (QED) is 0.779. The van der Waals surface area contributed by atoms with Crippen LogP contribution in [0.25, 0.3) is 0 Å². The predicted octanol–water partition coefficient (Wildman–Crippen LogP) is 4.01. The number of allylic oxidation sites excluding steroid dienone is 4. The zero-order valence-electron chi connectivity index (χ0n) is 12.7. The lowest BCUT2D eigenvalue weighted by molar-refractivity contribution is 0.0801. The van der Waals surface area contributed by atoms with Crippen LogP contribution >= 0.6 is 0 Å². The van der Waals surface area contributed by atoms with Gasteiger partial charge in [-0.15, -0.1) is 0 Å². The fourth-order valence-electron chi connectivity index (χ4n) is 3.20. The standard InChI is InChI=1S/C19H20O2/c1-19(2,3)11-12-8-9-15-16(10-12)18(21)14-7-5-4-6-13(14)17(15)20/h4-10,13-14H,11H2,1-3H3. The van der Waals surface area contributed by atoms with E-state index in [-0.39, 0.29) is 28.8 Å². The van der Waals surface area contributed by atoms with E-state index in [1.165, 1.54) is 0 Å². The molecule has 2 nitrogen and oxygen atoms in total. The number of hydrogen-bond acceptors (Lipinski definition) is 2. The van der Waals surface area contributed by atoms with E-state index < -0.39 is 0 Å². The molecule has 2 aliphatic rings. The van der Waals surface area contributed by atoms with Gasteiger partial charge in [0.25, 0.3) is 0 Å². The van der Waals surface area contributed by atoms with Gasteiger partial charge in [0.15, 0.2) is 11.6 Å². The average Bonchev–Trinajstić information content (AvgIpc) is 2.43. The lowest BCUT2D eigenvalue weighted by Crippen LogP contribution is -2.35. The van der Waals surface area contributed by atoms with Gasteiger partial charge in [-0.25, -0.2) is 0 Å². The van der Waals surface area contributed by atoms with E-state index in [1.807, 2.05) is 42.5 Å². The van der Waals surface area contributed by atoms with Crippen molar-refractivity contribution in [2.45, 2.75) is 27.2 Å². The molecule has 0 heterocycles. The summed E-state index contributed by atoms with van der Waals surface area (Å²) in [6.45, 7) is 6.51. The number of carbonyl (C=O) groups excluding carboxylic acids is 2. The molecule has 0 saturated heterocycles. The molecule has 0 radical (unpaired) electrons. The highest BCUT2D eigenvalue weighted by Crippen LogP contribution is 2.35. The van der Waals surface area contributed by atoms with Crippen molar-refractivity contribution in [1.29, 1.82) is 0 Å². The third-order valence-electron chi connectivity index (χ3n) is 4.09. The summed E-state index contributed by atoms with van der Waals surface area (Å²) in [6, 6.07) is 5.74. The van der Waals surface area contributed by atoms with Gasteiger partial charge in [0.1, 0.15) is 0 Å². The second-order valence-electron chi connectivity index (χ2n) is 7.17. The zero-order chi connectivity index (χ0) is 15.2. The fourth-order valence-corrected chi connectivity index (χ4v) is 3.20. The van der Waals surface area contributed by atoms with Crippen molar-refractivity contribution < 1.29 is 9.59 Å². The van der Waals surface area contributed by atoms with E-state index in [9.17, 15) is 9.59 Å². The molecule has 21 heavy (non-hydrogen) atoms. The monoisotopic (exact) mass is 280 g/mol. The second kappa shape index (κ2) is 4.80. The Morgan fingerprint density at radius 1 is 0.905 bits per heavy atom. The Hall–Kier alpha value is -1.96. The molecule has 108 valence electrons. The van der Waals surface area contributed by atoms with Gasteiger partial charge in [0.05, 0.1) is 11.8 Å². The minimum absolute atomic E-state index is 0.0671. The summed E-state index contributed by atoms with van der Waals surface area (Å²) in [6.07, 6.45) is 8.30. The summed E-state index contributed by atoms with van der Waals surface area (Å²) in [5, 5.41) is 0. The summed E-state index contributed by atoms with van der Waals surface area (Å²) in [5.74, 6) is -0.494.